The van der Waals surface area contributed by atoms with E-state index in [1.807, 2.05) is 18.2 Å². The molecule has 2 aromatic rings. The first-order valence-electron chi connectivity index (χ1n) is 8.25. The first kappa shape index (κ1) is 18.4. The topological polar surface area (TPSA) is 41.6 Å². The lowest BCUT2D eigenvalue weighted by molar-refractivity contribution is 0.0606. The van der Waals surface area contributed by atoms with Gasteiger partial charge in [0.25, 0.3) is 0 Å². The summed E-state index contributed by atoms with van der Waals surface area (Å²) < 4.78 is 5.71. The molecule has 4 nitrogen and oxygen atoms in total. The average molecular weight is 397 g/mol. The molecule has 0 radical (unpaired) electrons. The smallest absolute Gasteiger partial charge is 0.349 e. The second-order valence-corrected chi connectivity index (χ2v) is 8.55. The minimum Gasteiger partial charge on any atom is -0.465 e. The largest absolute Gasteiger partial charge is 0.465 e. The van der Waals surface area contributed by atoms with Crippen molar-refractivity contribution in [1.82, 2.24) is 4.90 Å². The summed E-state index contributed by atoms with van der Waals surface area (Å²) in [5.41, 5.74) is 0.901. The van der Waals surface area contributed by atoms with Crippen LogP contribution < -0.4 is 5.32 Å². The number of thiocarbonyl (C=S) groups is 1. The molecule has 1 fully saturated rings. The molecular formula is C18H21ClN2O2S2. The number of hydrogen-bond acceptors (Lipinski definition) is 4. The lowest BCUT2D eigenvalue weighted by Gasteiger charge is -2.36. The van der Waals surface area contributed by atoms with Gasteiger partial charge in [0.15, 0.2) is 5.11 Å². The Bertz CT molecular complexity index is 811. The van der Waals surface area contributed by atoms with Crippen LogP contribution in [0.15, 0.2) is 18.2 Å². The summed E-state index contributed by atoms with van der Waals surface area (Å²) >= 11 is 13.2. The highest BCUT2D eigenvalue weighted by Gasteiger charge is 2.24. The highest BCUT2D eigenvalue weighted by molar-refractivity contribution is 7.80. The van der Waals surface area contributed by atoms with Gasteiger partial charge in [-0.3, -0.25) is 0 Å². The Morgan fingerprint density at radius 1 is 1.36 bits per heavy atom. The molecule has 0 amide bonds. The van der Waals surface area contributed by atoms with Crippen LogP contribution in [0.4, 0.5) is 5.69 Å². The van der Waals surface area contributed by atoms with Gasteiger partial charge in [-0.1, -0.05) is 25.4 Å². The number of anilines is 1. The number of carbonyl (C=O) groups excluding carboxylic acids is 1. The molecule has 1 aliphatic heterocycles. The van der Waals surface area contributed by atoms with Crippen LogP contribution in [-0.4, -0.2) is 36.2 Å². The molecule has 25 heavy (non-hydrogen) atoms. The molecule has 1 aromatic carbocycles. The zero-order chi connectivity index (χ0) is 18.1. The molecule has 0 spiro atoms. The van der Waals surface area contributed by atoms with E-state index in [2.05, 4.69) is 24.1 Å². The number of methoxy groups -OCH3 is 1. The molecule has 7 heteroatoms. The first-order valence-corrected chi connectivity index (χ1v) is 9.85. The van der Waals surface area contributed by atoms with Crippen molar-refractivity contribution in [2.45, 2.75) is 20.3 Å². The molecule has 1 aliphatic rings. The number of halogens is 1. The second kappa shape index (κ2) is 7.48. The zero-order valence-electron chi connectivity index (χ0n) is 14.5. The van der Waals surface area contributed by atoms with Crippen LogP contribution in [0.3, 0.4) is 0 Å². The van der Waals surface area contributed by atoms with Crippen LogP contribution in [0, 0.1) is 11.8 Å². The molecule has 0 unspecified atom stereocenters. The molecule has 1 N–H and O–H groups in total. The Hall–Kier alpha value is -1.37. The fraction of sp³-hybridized carbons (Fsp3) is 0.444. The molecule has 134 valence electrons. The molecule has 1 saturated heterocycles. The summed E-state index contributed by atoms with van der Waals surface area (Å²) in [6.07, 6.45) is 1.25. The maximum absolute atomic E-state index is 11.8. The first-order chi connectivity index (χ1) is 11.9. The van der Waals surface area contributed by atoms with E-state index in [4.69, 9.17) is 28.6 Å². The number of likely N-dealkylation sites (tertiary alicyclic amines) is 1. The number of nitrogens with one attached hydrogen (secondary N) is 1. The third-order valence-corrected chi connectivity index (χ3v) is 6.41. The summed E-state index contributed by atoms with van der Waals surface area (Å²) in [5, 5.41) is 5.36. The number of ether oxygens (including phenoxy) is 1. The van der Waals surface area contributed by atoms with Crippen LogP contribution >= 0.6 is 35.2 Å². The summed E-state index contributed by atoms with van der Waals surface area (Å²) in [6.45, 7) is 6.49. The molecule has 3 rings (SSSR count). The van der Waals surface area contributed by atoms with Gasteiger partial charge in [0.1, 0.15) is 4.88 Å². The van der Waals surface area contributed by atoms with Gasteiger partial charge in [0, 0.05) is 28.9 Å². The highest BCUT2D eigenvalue weighted by atomic mass is 35.5. The third-order valence-electron chi connectivity index (χ3n) is 4.41. The molecule has 0 bridgehead atoms. The number of benzene rings is 1. The van der Waals surface area contributed by atoms with Crippen molar-refractivity contribution in [2.75, 3.05) is 25.5 Å². The Kier molecular flexibility index (Phi) is 5.51. The van der Waals surface area contributed by atoms with Gasteiger partial charge in [-0.25, -0.2) is 4.79 Å². The van der Waals surface area contributed by atoms with Crippen molar-refractivity contribution < 1.29 is 9.53 Å². The van der Waals surface area contributed by atoms with E-state index in [0.29, 0.717) is 21.7 Å². The summed E-state index contributed by atoms with van der Waals surface area (Å²) in [6, 6.07) is 5.82. The van der Waals surface area contributed by atoms with Crippen LogP contribution in [0.5, 0.6) is 0 Å². The van der Waals surface area contributed by atoms with Gasteiger partial charge in [0.05, 0.1) is 12.1 Å². The zero-order valence-corrected chi connectivity index (χ0v) is 16.9. The van der Waals surface area contributed by atoms with Crippen molar-refractivity contribution in [3.05, 3.63) is 28.1 Å². The van der Waals surface area contributed by atoms with Gasteiger partial charge >= 0.3 is 5.97 Å². The average Bonchev–Trinajstić information content (AvgIpc) is 2.89. The minimum absolute atomic E-state index is 0.410. The number of thiophene rings is 1. The van der Waals surface area contributed by atoms with E-state index < -0.39 is 5.97 Å². The van der Waals surface area contributed by atoms with Crippen molar-refractivity contribution in [3.63, 3.8) is 0 Å². The Morgan fingerprint density at radius 3 is 2.68 bits per heavy atom. The molecular weight excluding hydrogens is 376 g/mol. The molecule has 0 aliphatic carbocycles. The summed E-state index contributed by atoms with van der Waals surface area (Å²) in [7, 11) is 1.36. The number of hydrogen-bond donors (Lipinski definition) is 1. The number of fused-ring (bicyclic) bond motifs is 1. The van der Waals surface area contributed by atoms with Crippen LogP contribution in [-0.2, 0) is 4.74 Å². The van der Waals surface area contributed by atoms with E-state index in [-0.39, 0.29) is 0 Å². The predicted molar refractivity (Wildman–Crippen MR) is 109 cm³/mol. The van der Waals surface area contributed by atoms with E-state index in [0.717, 1.165) is 34.0 Å². The maximum Gasteiger partial charge on any atom is 0.349 e. The third kappa shape index (κ3) is 3.91. The number of piperidine rings is 1. The number of rotatable bonds is 2. The van der Waals surface area contributed by atoms with Crippen molar-refractivity contribution in [2.24, 2.45) is 11.8 Å². The standard InChI is InChI=1S/C18H21ClN2O2S2/c1-10-6-11(2)9-21(8-10)18(24)20-12-4-5-13-14(7-12)25-16(15(13)19)17(22)23-3/h4-5,7,10-11H,6,8-9H2,1-3H3,(H,20,24)/t10-,11-/m0/s1. The van der Waals surface area contributed by atoms with Gasteiger partial charge < -0.3 is 15.0 Å². The van der Waals surface area contributed by atoms with Crippen molar-refractivity contribution >= 4 is 62.0 Å². The molecule has 2 heterocycles. The Morgan fingerprint density at radius 2 is 2.04 bits per heavy atom. The lowest BCUT2D eigenvalue weighted by Crippen LogP contribution is -2.44. The summed E-state index contributed by atoms with van der Waals surface area (Å²) in [4.78, 5) is 14.5. The van der Waals surface area contributed by atoms with Crippen molar-refractivity contribution in [1.29, 1.82) is 0 Å². The van der Waals surface area contributed by atoms with Gasteiger partial charge in [-0.15, -0.1) is 11.3 Å². The number of nitrogens with zero attached hydrogens (tertiary/aromatic N) is 1. The van der Waals surface area contributed by atoms with E-state index in [1.54, 1.807) is 0 Å². The Labute approximate surface area is 162 Å². The SMILES string of the molecule is COC(=O)c1sc2cc(NC(=S)N3C[C@@H](C)C[C@H](C)C3)ccc2c1Cl. The highest BCUT2D eigenvalue weighted by Crippen LogP contribution is 2.37. The lowest BCUT2D eigenvalue weighted by atomic mass is 9.92. The predicted octanol–water partition coefficient (Wildman–Crippen LogP) is 5.02. The Balaban J connectivity index is 1.80. The maximum atomic E-state index is 11.8. The van der Waals surface area contributed by atoms with Gasteiger partial charge in [-0.2, -0.15) is 0 Å². The molecule has 2 atom stereocenters. The molecule has 0 saturated carbocycles. The fourth-order valence-corrected chi connectivity index (χ4v) is 5.13. The summed E-state index contributed by atoms with van der Waals surface area (Å²) in [5.74, 6) is 0.877. The van der Waals surface area contributed by atoms with Gasteiger partial charge in [0.2, 0.25) is 0 Å². The van der Waals surface area contributed by atoms with Crippen LogP contribution in [0.25, 0.3) is 10.1 Å². The van der Waals surface area contributed by atoms with Crippen molar-refractivity contribution in [3.8, 4) is 0 Å². The van der Waals surface area contributed by atoms with E-state index in [9.17, 15) is 4.79 Å². The number of esters is 1. The van der Waals surface area contributed by atoms with E-state index in [1.165, 1.54) is 24.9 Å². The second-order valence-electron chi connectivity index (χ2n) is 6.73. The van der Waals surface area contributed by atoms with E-state index >= 15 is 0 Å². The minimum atomic E-state index is -0.410. The van der Waals surface area contributed by atoms with Crippen LogP contribution in [0.2, 0.25) is 5.02 Å². The molecule has 1 aromatic heterocycles. The monoisotopic (exact) mass is 396 g/mol. The quantitative estimate of drug-likeness (QED) is 0.570. The fourth-order valence-electron chi connectivity index (χ4n) is 3.40. The number of carbonyl (C=O) groups is 1. The van der Waals surface area contributed by atoms with Gasteiger partial charge in [-0.05, 0) is 48.7 Å². The van der Waals surface area contributed by atoms with Crippen LogP contribution in [0.1, 0.15) is 29.9 Å². The normalized spacial score (nSPS) is 20.6.